The molecular weight excluding hydrogens is 356 g/mol. The molecule has 2 aromatic rings. The van der Waals surface area contributed by atoms with E-state index in [-0.39, 0.29) is 12.8 Å². The van der Waals surface area contributed by atoms with E-state index in [4.69, 9.17) is 9.84 Å². The van der Waals surface area contributed by atoms with Crippen LogP contribution in [0.1, 0.15) is 17.5 Å². The molecule has 0 aliphatic carbocycles. The molecule has 5 heteroatoms. The molecule has 2 N–H and O–H groups in total. The van der Waals surface area contributed by atoms with Crippen molar-refractivity contribution in [2.45, 2.75) is 19.4 Å². The largest absolute Gasteiger partial charge is 0.489 e. The van der Waals surface area contributed by atoms with Crippen molar-refractivity contribution < 1.29 is 24.5 Å². The minimum Gasteiger partial charge on any atom is -0.489 e. The van der Waals surface area contributed by atoms with Gasteiger partial charge in [0.25, 0.3) is 0 Å². The summed E-state index contributed by atoms with van der Waals surface area (Å²) in [4.78, 5) is 22.7. The van der Waals surface area contributed by atoms with Crippen LogP contribution in [0.2, 0.25) is 0 Å². The van der Waals surface area contributed by atoms with Crippen LogP contribution in [0, 0.1) is 11.8 Å². The van der Waals surface area contributed by atoms with Crippen molar-refractivity contribution in [3.05, 3.63) is 90.5 Å². The van der Waals surface area contributed by atoms with Gasteiger partial charge in [0.05, 0.1) is 11.8 Å². The molecule has 28 heavy (non-hydrogen) atoms. The second kappa shape index (κ2) is 10.7. The van der Waals surface area contributed by atoms with Crippen LogP contribution in [0.25, 0.3) is 0 Å². The van der Waals surface area contributed by atoms with E-state index in [2.05, 4.69) is 6.58 Å². The van der Waals surface area contributed by atoms with Crippen LogP contribution < -0.4 is 4.74 Å². The van der Waals surface area contributed by atoms with Crippen molar-refractivity contribution in [3.8, 4) is 5.75 Å². The molecule has 0 saturated heterocycles. The van der Waals surface area contributed by atoms with Crippen molar-refractivity contribution in [1.82, 2.24) is 0 Å². The fourth-order valence-corrected chi connectivity index (χ4v) is 2.66. The van der Waals surface area contributed by atoms with Gasteiger partial charge >= 0.3 is 11.9 Å². The second-order valence-corrected chi connectivity index (χ2v) is 6.42. The lowest BCUT2D eigenvalue weighted by Crippen LogP contribution is -2.16. The molecule has 0 bridgehead atoms. The maximum atomic E-state index is 11.5. The third kappa shape index (κ3) is 6.76. The van der Waals surface area contributed by atoms with Gasteiger partial charge in [-0.2, -0.15) is 0 Å². The van der Waals surface area contributed by atoms with Crippen molar-refractivity contribution >= 4 is 11.9 Å². The Balaban J connectivity index is 1.98. The standard InChI is InChI=1S/C23H24O5/c1-2-6-19(22(24)25)11-12-20(23(26)27)15-17-9-13-21(14-10-17)28-16-18-7-4-3-5-8-18/h2-5,7-14,19-20H,1,6,15-16H2,(H,24,25)(H,26,27)/b12-11+/t19-,20+/m0/s1. The molecule has 2 aromatic carbocycles. The summed E-state index contributed by atoms with van der Waals surface area (Å²) in [5, 5.41) is 18.6. The van der Waals surface area contributed by atoms with Crippen molar-refractivity contribution in [1.29, 1.82) is 0 Å². The maximum absolute atomic E-state index is 11.5. The molecule has 0 aromatic heterocycles. The summed E-state index contributed by atoms with van der Waals surface area (Å²) >= 11 is 0. The fraction of sp³-hybridized carbons (Fsp3) is 0.217. The maximum Gasteiger partial charge on any atom is 0.310 e. The number of aliphatic carboxylic acids is 2. The number of hydrogen-bond donors (Lipinski definition) is 2. The monoisotopic (exact) mass is 380 g/mol. The number of carboxylic acid groups (broad SMARTS) is 2. The molecule has 2 rings (SSSR count). The molecule has 0 unspecified atom stereocenters. The Morgan fingerprint density at radius 1 is 0.893 bits per heavy atom. The van der Waals surface area contributed by atoms with Gasteiger partial charge in [-0.15, -0.1) is 6.58 Å². The van der Waals surface area contributed by atoms with Gasteiger partial charge in [-0.25, -0.2) is 0 Å². The lowest BCUT2D eigenvalue weighted by atomic mass is 9.96. The summed E-state index contributed by atoms with van der Waals surface area (Å²) in [5.74, 6) is -2.87. The summed E-state index contributed by atoms with van der Waals surface area (Å²) < 4.78 is 5.73. The fourth-order valence-electron chi connectivity index (χ4n) is 2.66. The number of carboxylic acids is 2. The highest BCUT2D eigenvalue weighted by molar-refractivity contribution is 5.74. The lowest BCUT2D eigenvalue weighted by Gasteiger charge is -2.11. The highest BCUT2D eigenvalue weighted by Gasteiger charge is 2.18. The molecule has 0 fully saturated rings. The van der Waals surface area contributed by atoms with E-state index in [9.17, 15) is 14.7 Å². The van der Waals surface area contributed by atoms with Crippen molar-refractivity contribution in [3.63, 3.8) is 0 Å². The van der Waals surface area contributed by atoms with Crippen molar-refractivity contribution in [2.75, 3.05) is 0 Å². The Morgan fingerprint density at radius 2 is 1.50 bits per heavy atom. The molecule has 0 amide bonds. The van der Waals surface area contributed by atoms with E-state index in [0.29, 0.717) is 12.4 Å². The summed E-state index contributed by atoms with van der Waals surface area (Å²) in [7, 11) is 0. The van der Waals surface area contributed by atoms with Gasteiger partial charge in [0.1, 0.15) is 12.4 Å². The van der Waals surface area contributed by atoms with Crippen LogP contribution in [0.3, 0.4) is 0 Å². The summed E-state index contributed by atoms with van der Waals surface area (Å²) in [5.41, 5.74) is 1.90. The Bertz CT molecular complexity index is 809. The molecule has 0 radical (unpaired) electrons. The lowest BCUT2D eigenvalue weighted by molar-refractivity contribution is -0.141. The van der Waals surface area contributed by atoms with Gasteiger partial charge in [0, 0.05) is 0 Å². The molecule has 0 aliphatic heterocycles. The molecule has 0 spiro atoms. The Labute approximate surface area is 164 Å². The van der Waals surface area contributed by atoms with E-state index in [1.165, 1.54) is 18.2 Å². The number of ether oxygens (including phenoxy) is 1. The summed E-state index contributed by atoms with van der Waals surface area (Å²) in [6.07, 6.45) is 4.91. The first-order valence-corrected chi connectivity index (χ1v) is 9.00. The second-order valence-electron chi connectivity index (χ2n) is 6.42. The first-order chi connectivity index (χ1) is 13.5. The third-order valence-electron chi connectivity index (χ3n) is 4.26. The van der Waals surface area contributed by atoms with Crippen LogP contribution in [0.5, 0.6) is 5.75 Å². The number of rotatable bonds is 11. The SMILES string of the molecule is C=CC[C@@H](/C=C/[C@H](Cc1ccc(OCc2ccccc2)cc1)C(=O)O)C(=O)O. The first-order valence-electron chi connectivity index (χ1n) is 9.00. The van der Waals surface area contributed by atoms with Gasteiger partial charge in [0.15, 0.2) is 0 Å². The highest BCUT2D eigenvalue weighted by atomic mass is 16.5. The highest BCUT2D eigenvalue weighted by Crippen LogP contribution is 2.18. The average Bonchev–Trinajstić information content (AvgIpc) is 2.69. The average molecular weight is 380 g/mol. The zero-order valence-corrected chi connectivity index (χ0v) is 15.5. The Morgan fingerprint density at radius 3 is 2.07 bits per heavy atom. The van der Waals surface area contributed by atoms with Crippen LogP contribution in [-0.2, 0) is 22.6 Å². The molecule has 0 heterocycles. The van der Waals surface area contributed by atoms with Gasteiger partial charge in [-0.05, 0) is 36.1 Å². The topological polar surface area (TPSA) is 83.8 Å². The van der Waals surface area contributed by atoms with E-state index in [1.807, 2.05) is 42.5 Å². The van der Waals surface area contributed by atoms with E-state index < -0.39 is 23.8 Å². The molecule has 2 atom stereocenters. The van der Waals surface area contributed by atoms with Crippen LogP contribution in [-0.4, -0.2) is 22.2 Å². The zero-order chi connectivity index (χ0) is 20.4. The van der Waals surface area contributed by atoms with E-state index in [0.717, 1.165) is 11.1 Å². The molecule has 0 saturated carbocycles. The Hall–Kier alpha value is -3.34. The summed E-state index contributed by atoms with van der Waals surface area (Å²) in [6.45, 7) is 3.99. The van der Waals surface area contributed by atoms with E-state index in [1.54, 1.807) is 12.1 Å². The predicted molar refractivity (Wildman–Crippen MR) is 107 cm³/mol. The quantitative estimate of drug-likeness (QED) is 0.567. The van der Waals surface area contributed by atoms with Gasteiger partial charge in [-0.3, -0.25) is 9.59 Å². The van der Waals surface area contributed by atoms with Crippen LogP contribution >= 0.6 is 0 Å². The third-order valence-corrected chi connectivity index (χ3v) is 4.26. The number of benzene rings is 2. The van der Waals surface area contributed by atoms with Gasteiger partial charge in [0.2, 0.25) is 0 Å². The Kier molecular flexibility index (Phi) is 8.03. The van der Waals surface area contributed by atoms with Crippen molar-refractivity contribution in [2.24, 2.45) is 11.8 Å². The number of hydrogen-bond acceptors (Lipinski definition) is 3. The summed E-state index contributed by atoms with van der Waals surface area (Å²) in [6, 6.07) is 17.1. The number of carbonyl (C=O) groups is 2. The minimum atomic E-state index is -1.000. The smallest absolute Gasteiger partial charge is 0.310 e. The number of allylic oxidation sites excluding steroid dienone is 1. The van der Waals surface area contributed by atoms with Gasteiger partial charge in [-0.1, -0.05) is 60.7 Å². The molecule has 146 valence electrons. The first kappa shape index (κ1) is 21.0. The minimum absolute atomic E-state index is 0.256. The van der Waals surface area contributed by atoms with Gasteiger partial charge < -0.3 is 14.9 Å². The zero-order valence-electron chi connectivity index (χ0n) is 15.5. The molecule has 5 nitrogen and oxygen atoms in total. The van der Waals surface area contributed by atoms with E-state index >= 15 is 0 Å². The normalized spacial score (nSPS) is 13.0. The van der Waals surface area contributed by atoms with Crippen LogP contribution in [0.15, 0.2) is 79.4 Å². The molecular formula is C23H24O5. The molecule has 0 aliphatic rings. The van der Waals surface area contributed by atoms with Crippen LogP contribution in [0.4, 0.5) is 0 Å². The predicted octanol–water partition coefficient (Wildman–Crippen LogP) is 4.34.